The summed E-state index contributed by atoms with van der Waals surface area (Å²) in [5.74, 6) is -0.336. The van der Waals surface area contributed by atoms with E-state index in [4.69, 9.17) is 18.4 Å². The first kappa shape index (κ1) is 24.3. The van der Waals surface area contributed by atoms with Gasteiger partial charge in [0.25, 0.3) is 10.1 Å². The molecule has 0 aliphatic carbocycles. The van der Waals surface area contributed by atoms with E-state index in [2.05, 4.69) is 0 Å². The van der Waals surface area contributed by atoms with Crippen molar-refractivity contribution in [3.8, 4) is 0 Å². The van der Waals surface area contributed by atoms with E-state index in [1.165, 1.54) is 18.2 Å². The minimum absolute atomic E-state index is 0.0565. The first-order valence-corrected chi connectivity index (χ1v) is 10.8. The van der Waals surface area contributed by atoms with E-state index in [1.807, 2.05) is 13.8 Å². The molecule has 28 heavy (non-hydrogen) atoms. The summed E-state index contributed by atoms with van der Waals surface area (Å²) in [6.07, 6.45) is 5.56. The van der Waals surface area contributed by atoms with E-state index in [1.54, 1.807) is 18.2 Å². The molecule has 0 amide bonds. The van der Waals surface area contributed by atoms with Crippen LogP contribution in [0.5, 0.6) is 0 Å². The van der Waals surface area contributed by atoms with Crippen LogP contribution in [-0.2, 0) is 33.3 Å². The minimum atomic E-state index is -3.76. The maximum Gasteiger partial charge on any atom is 0.330 e. The molecule has 1 aromatic carbocycles. The number of ether oxygens (including phenoxy) is 3. The molecular weight excluding hydrogens is 384 g/mol. The number of esters is 1. The van der Waals surface area contributed by atoms with Gasteiger partial charge in [-0.3, -0.25) is 4.18 Å². The van der Waals surface area contributed by atoms with Crippen molar-refractivity contribution in [1.82, 2.24) is 0 Å². The third kappa shape index (κ3) is 11.2. The molecule has 158 valence electrons. The highest BCUT2D eigenvalue weighted by Crippen LogP contribution is 2.12. The van der Waals surface area contributed by atoms with Crippen molar-refractivity contribution >= 4 is 16.1 Å². The van der Waals surface area contributed by atoms with Gasteiger partial charge in [0.05, 0.1) is 44.5 Å². The third-order valence-corrected chi connectivity index (χ3v) is 4.90. The van der Waals surface area contributed by atoms with E-state index in [0.717, 1.165) is 18.4 Å². The van der Waals surface area contributed by atoms with Gasteiger partial charge in [-0.15, -0.1) is 0 Å². The van der Waals surface area contributed by atoms with Crippen molar-refractivity contribution in [1.29, 1.82) is 0 Å². The highest BCUT2D eigenvalue weighted by molar-refractivity contribution is 7.86. The summed E-state index contributed by atoms with van der Waals surface area (Å²) in [5.41, 5.74) is 0.977. The van der Waals surface area contributed by atoms with Crippen LogP contribution in [0.3, 0.4) is 0 Å². The molecule has 8 heteroatoms. The van der Waals surface area contributed by atoms with Gasteiger partial charge in [-0.1, -0.05) is 37.1 Å². The Bertz CT molecular complexity index is 681. The molecule has 1 aromatic rings. The fourth-order valence-electron chi connectivity index (χ4n) is 1.99. The summed E-state index contributed by atoms with van der Waals surface area (Å²) >= 11 is 0. The summed E-state index contributed by atoms with van der Waals surface area (Å²) in [6, 6.07) is 6.46. The Hall–Kier alpha value is -1.74. The molecule has 0 aliphatic rings. The molecule has 0 atom stereocenters. The second-order valence-corrected chi connectivity index (χ2v) is 7.64. The molecule has 0 bridgehead atoms. The zero-order valence-electron chi connectivity index (χ0n) is 16.6. The van der Waals surface area contributed by atoms with Gasteiger partial charge in [0.2, 0.25) is 0 Å². The number of aryl methyl sites for hydroxylation is 1. The van der Waals surface area contributed by atoms with Crippen LogP contribution in [0, 0.1) is 6.92 Å². The quantitative estimate of drug-likeness (QED) is 0.189. The fraction of sp³-hybridized carbons (Fsp3) is 0.550. The molecule has 0 heterocycles. The largest absolute Gasteiger partial charge is 0.463 e. The summed E-state index contributed by atoms with van der Waals surface area (Å²) in [4.78, 5) is 11.4. The molecule has 7 nitrogen and oxygen atoms in total. The van der Waals surface area contributed by atoms with Gasteiger partial charge >= 0.3 is 5.97 Å². The Kier molecular flexibility index (Phi) is 12.4. The van der Waals surface area contributed by atoms with Crippen molar-refractivity contribution in [3.05, 3.63) is 42.0 Å². The summed E-state index contributed by atoms with van der Waals surface area (Å²) in [5, 5.41) is 0. The SMILES string of the molecule is CCCCOC(=O)C=CCCOCCOCCOS(=O)(=O)c1ccc(C)cc1. The highest BCUT2D eigenvalue weighted by atomic mass is 32.2. The lowest BCUT2D eigenvalue weighted by Crippen LogP contribution is -2.13. The molecule has 0 aliphatic heterocycles. The second kappa shape index (κ2) is 14.3. The number of unbranched alkanes of at least 4 members (excludes halogenated alkanes) is 1. The van der Waals surface area contributed by atoms with E-state index in [9.17, 15) is 13.2 Å². The topological polar surface area (TPSA) is 88.1 Å². The first-order chi connectivity index (χ1) is 13.5. The lowest BCUT2D eigenvalue weighted by Gasteiger charge is -2.07. The van der Waals surface area contributed by atoms with Gasteiger partial charge in [0, 0.05) is 6.08 Å². The van der Waals surface area contributed by atoms with Gasteiger partial charge in [-0.05, 0) is 31.9 Å². The van der Waals surface area contributed by atoms with Gasteiger partial charge in [-0.25, -0.2) is 4.79 Å². The molecule has 0 fully saturated rings. The molecule has 0 saturated carbocycles. The highest BCUT2D eigenvalue weighted by Gasteiger charge is 2.14. The van der Waals surface area contributed by atoms with Crippen LogP contribution in [0.15, 0.2) is 41.3 Å². The molecule has 0 spiro atoms. The number of rotatable bonds is 15. The van der Waals surface area contributed by atoms with E-state index >= 15 is 0 Å². The number of hydrogen-bond acceptors (Lipinski definition) is 7. The van der Waals surface area contributed by atoms with Crippen molar-refractivity contribution in [3.63, 3.8) is 0 Å². The standard InChI is InChI=1S/C20H30O7S/c1-3-4-13-26-20(21)7-5-6-12-24-14-15-25-16-17-27-28(22,23)19-10-8-18(2)9-11-19/h5,7-11H,3-4,6,12-17H2,1-2H3. The summed E-state index contributed by atoms with van der Waals surface area (Å²) in [6.45, 7) is 5.62. The van der Waals surface area contributed by atoms with Gasteiger partial charge in [0.1, 0.15) is 0 Å². The third-order valence-electron chi connectivity index (χ3n) is 3.57. The smallest absolute Gasteiger partial charge is 0.330 e. The first-order valence-electron chi connectivity index (χ1n) is 9.40. The number of carbonyl (C=O) groups is 1. The van der Waals surface area contributed by atoms with E-state index < -0.39 is 10.1 Å². The van der Waals surface area contributed by atoms with Crippen molar-refractivity contribution in [2.24, 2.45) is 0 Å². The van der Waals surface area contributed by atoms with Gasteiger partial charge in [-0.2, -0.15) is 8.42 Å². The van der Waals surface area contributed by atoms with Gasteiger partial charge in [0.15, 0.2) is 0 Å². The van der Waals surface area contributed by atoms with Gasteiger partial charge < -0.3 is 14.2 Å². The monoisotopic (exact) mass is 414 g/mol. The van der Waals surface area contributed by atoms with Crippen LogP contribution in [0.1, 0.15) is 31.7 Å². The van der Waals surface area contributed by atoms with Crippen molar-refractivity contribution < 1.29 is 31.6 Å². The zero-order valence-corrected chi connectivity index (χ0v) is 17.4. The summed E-state index contributed by atoms with van der Waals surface area (Å²) < 4.78 is 44.5. The minimum Gasteiger partial charge on any atom is -0.463 e. The molecule has 0 unspecified atom stereocenters. The second-order valence-electron chi connectivity index (χ2n) is 6.03. The number of benzene rings is 1. The van der Waals surface area contributed by atoms with Crippen LogP contribution in [0.2, 0.25) is 0 Å². The van der Waals surface area contributed by atoms with E-state index in [0.29, 0.717) is 32.8 Å². The van der Waals surface area contributed by atoms with Crippen molar-refractivity contribution in [2.75, 3.05) is 39.6 Å². The van der Waals surface area contributed by atoms with Crippen LogP contribution >= 0.6 is 0 Å². The Morgan fingerprint density at radius 3 is 2.29 bits per heavy atom. The molecule has 0 N–H and O–H groups in total. The average Bonchev–Trinajstić information content (AvgIpc) is 2.66. The molecular formula is C20H30O7S. The van der Waals surface area contributed by atoms with Crippen LogP contribution < -0.4 is 0 Å². The number of carbonyl (C=O) groups excluding carboxylic acids is 1. The normalized spacial score (nSPS) is 11.8. The zero-order chi connectivity index (χ0) is 20.7. The molecule has 0 radical (unpaired) electrons. The Morgan fingerprint density at radius 1 is 0.964 bits per heavy atom. The summed E-state index contributed by atoms with van der Waals surface area (Å²) in [7, 11) is -3.76. The molecule has 0 aromatic heterocycles. The van der Waals surface area contributed by atoms with Crippen LogP contribution in [0.25, 0.3) is 0 Å². The Morgan fingerprint density at radius 2 is 1.61 bits per heavy atom. The Labute approximate surface area is 167 Å². The predicted octanol–water partition coefficient (Wildman–Crippen LogP) is 3.02. The lowest BCUT2D eigenvalue weighted by molar-refractivity contribution is -0.137. The Balaban J connectivity index is 2.00. The predicted molar refractivity (Wildman–Crippen MR) is 106 cm³/mol. The average molecular weight is 415 g/mol. The maximum absolute atomic E-state index is 12.0. The lowest BCUT2D eigenvalue weighted by atomic mass is 10.2. The number of hydrogen-bond donors (Lipinski definition) is 0. The molecule has 1 rings (SSSR count). The van der Waals surface area contributed by atoms with Crippen LogP contribution in [-0.4, -0.2) is 54.0 Å². The maximum atomic E-state index is 12.0. The molecule has 0 saturated heterocycles. The fourth-order valence-corrected chi connectivity index (χ4v) is 2.89. The van der Waals surface area contributed by atoms with E-state index in [-0.39, 0.29) is 24.1 Å². The van der Waals surface area contributed by atoms with Crippen molar-refractivity contribution in [2.45, 2.75) is 38.0 Å². The van der Waals surface area contributed by atoms with Crippen LogP contribution in [0.4, 0.5) is 0 Å².